The van der Waals surface area contributed by atoms with Crippen molar-refractivity contribution in [2.24, 2.45) is 0 Å². The predicted octanol–water partition coefficient (Wildman–Crippen LogP) is 4.41. The lowest BCUT2D eigenvalue weighted by Crippen LogP contribution is -2.12. The zero-order chi connectivity index (χ0) is 14.5. The molecule has 112 valence electrons. The number of aliphatic hydroxyl groups excluding tert-OH is 1. The molecule has 1 aliphatic carbocycles. The quantitative estimate of drug-likeness (QED) is 0.872. The number of methoxy groups -OCH3 is 1. The van der Waals surface area contributed by atoms with Gasteiger partial charge < -0.3 is 9.84 Å². The molecule has 2 nitrogen and oxygen atoms in total. The smallest absolute Gasteiger partial charge is 0.122 e. The molecule has 2 rings (SSSR count). The van der Waals surface area contributed by atoms with Crippen molar-refractivity contribution in [3.63, 3.8) is 0 Å². The van der Waals surface area contributed by atoms with Crippen LogP contribution in [0.4, 0.5) is 0 Å². The summed E-state index contributed by atoms with van der Waals surface area (Å²) in [6.07, 6.45) is 6.36. The number of hydrogen-bond acceptors (Lipinski definition) is 3. The molecule has 1 fully saturated rings. The summed E-state index contributed by atoms with van der Waals surface area (Å²) in [7, 11) is 1.69. The van der Waals surface area contributed by atoms with Crippen LogP contribution in [0.2, 0.25) is 0 Å². The number of rotatable bonds is 5. The fourth-order valence-electron chi connectivity index (χ4n) is 2.94. The molecule has 1 N–H and O–H groups in total. The van der Waals surface area contributed by atoms with Crippen LogP contribution in [0.1, 0.15) is 54.9 Å². The van der Waals surface area contributed by atoms with Gasteiger partial charge in [0, 0.05) is 11.0 Å². The summed E-state index contributed by atoms with van der Waals surface area (Å²) in [6, 6.07) is 4.10. The predicted molar refractivity (Wildman–Crippen MR) is 86.8 cm³/mol. The molecule has 0 spiro atoms. The van der Waals surface area contributed by atoms with Crippen molar-refractivity contribution in [1.82, 2.24) is 0 Å². The molecule has 0 radical (unpaired) electrons. The third-order valence-corrected chi connectivity index (χ3v) is 5.64. The Bertz CT molecular complexity index is 439. The van der Waals surface area contributed by atoms with Crippen LogP contribution < -0.4 is 4.74 Å². The normalized spacial score (nSPS) is 18.0. The van der Waals surface area contributed by atoms with Crippen molar-refractivity contribution in [3.05, 3.63) is 28.8 Å². The van der Waals surface area contributed by atoms with Crippen molar-refractivity contribution >= 4 is 11.8 Å². The first kappa shape index (κ1) is 15.7. The van der Waals surface area contributed by atoms with E-state index in [9.17, 15) is 5.11 Å². The SMILES string of the molecule is COc1cc(C)c(C(O)CSC2CCCCC2)cc1C. The molecule has 1 aromatic carbocycles. The molecule has 0 aromatic heterocycles. The van der Waals surface area contributed by atoms with E-state index in [2.05, 4.69) is 6.07 Å². The molecule has 0 saturated heterocycles. The number of ether oxygens (including phenoxy) is 1. The fraction of sp³-hybridized carbons (Fsp3) is 0.647. The van der Waals surface area contributed by atoms with E-state index < -0.39 is 0 Å². The summed E-state index contributed by atoms with van der Waals surface area (Å²) in [5, 5.41) is 11.2. The van der Waals surface area contributed by atoms with E-state index in [0.29, 0.717) is 0 Å². The summed E-state index contributed by atoms with van der Waals surface area (Å²) in [6.45, 7) is 4.08. The maximum Gasteiger partial charge on any atom is 0.122 e. The molecule has 0 amide bonds. The van der Waals surface area contributed by atoms with Gasteiger partial charge in [0.05, 0.1) is 13.2 Å². The number of aryl methyl sites for hydroxylation is 2. The van der Waals surface area contributed by atoms with Crippen molar-refractivity contribution in [1.29, 1.82) is 0 Å². The summed E-state index contributed by atoms with van der Waals surface area (Å²) < 4.78 is 5.33. The highest BCUT2D eigenvalue weighted by atomic mass is 32.2. The number of thioether (sulfide) groups is 1. The summed E-state index contributed by atoms with van der Waals surface area (Å²) in [5.41, 5.74) is 3.26. The van der Waals surface area contributed by atoms with Gasteiger partial charge in [0.2, 0.25) is 0 Å². The minimum absolute atomic E-state index is 0.369. The third kappa shape index (κ3) is 3.92. The van der Waals surface area contributed by atoms with Crippen LogP contribution in [0.15, 0.2) is 12.1 Å². The van der Waals surface area contributed by atoms with Crippen LogP contribution in [-0.2, 0) is 0 Å². The molecular weight excluding hydrogens is 268 g/mol. The van der Waals surface area contributed by atoms with E-state index in [1.165, 1.54) is 32.1 Å². The molecule has 20 heavy (non-hydrogen) atoms. The van der Waals surface area contributed by atoms with E-state index >= 15 is 0 Å². The molecule has 1 saturated carbocycles. The molecule has 3 heteroatoms. The monoisotopic (exact) mass is 294 g/mol. The Hall–Kier alpha value is -0.670. The summed E-state index contributed by atoms with van der Waals surface area (Å²) >= 11 is 1.94. The Labute approximate surface area is 126 Å². The summed E-state index contributed by atoms with van der Waals surface area (Å²) in [5.74, 6) is 1.70. The Balaban J connectivity index is 1.97. The molecule has 1 atom stereocenters. The maximum atomic E-state index is 10.5. The van der Waals surface area contributed by atoms with Crippen LogP contribution in [0.5, 0.6) is 5.75 Å². The Morgan fingerprint density at radius 3 is 2.55 bits per heavy atom. The lowest BCUT2D eigenvalue weighted by molar-refractivity contribution is 0.203. The van der Waals surface area contributed by atoms with Gasteiger partial charge >= 0.3 is 0 Å². The van der Waals surface area contributed by atoms with Crippen LogP contribution in [0.25, 0.3) is 0 Å². The van der Waals surface area contributed by atoms with Crippen molar-refractivity contribution in [2.75, 3.05) is 12.9 Å². The average Bonchev–Trinajstić information content (AvgIpc) is 2.47. The molecule has 0 aliphatic heterocycles. The zero-order valence-electron chi connectivity index (χ0n) is 12.8. The Morgan fingerprint density at radius 2 is 1.90 bits per heavy atom. The van der Waals surface area contributed by atoms with Gasteiger partial charge in [0.25, 0.3) is 0 Å². The minimum Gasteiger partial charge on any atom is -0.496 e. The molecule has 0 heterocycles. The first-order valence-electron chi connectivity index (χ1n) is 7.56. The van der Waals surface area contributed by atoms with Gasteiger partial charge in [0.15, 0.2) is 0 Å². The molecule has 1 aliphatic rings. The van der Waals surface area contributed by atoms with E-state index in [1.54, 1.807) is 7.11 Å². The second kappa shape index (κ2) is 7.37. The summed E-state index contributed by atoms with van der Waals surface area (Å²) in [4.78, 5) is 0. The molecule has 1 aromatic rings. The molecule has 1 unspecified atom stereocenters. The van der Waals surface area contributed by atoms with Gasteiger partial charge in [-0.2, -0.15) is 11.8 Å². The number of benzene rings is 1. The van der Waals surface area contributed by atoms with Gasteiger partial charge in [-0.05, 0) is 55.5 Å². The van der Waals surface area contributed by atoms with Crippen molar-refractivity contribution in [3.8, 4) is 5.75 Å². The van der Waals surface area contributed by atoms with E-state index in [4.69, 9.17) is 4.74 Å². The highest BCUT2D eigenvalue weighted by molar-refractivity contribution is 7.99. The van der Waals surface area contributed by atoms with Gasteiger partial charge in [0.1, 0.15) is 5.75 Å². The highest BCUT2D eigenvalue weighted by Crippen LogP contribution is 2.33. The van der Waals surface area contributed by atoms with Crippen LogP contribution in [-0.4, -0.2) is 23.2 Å². The largest absolute Gasteiger partial charge is 0.496 e. The average molecular weight is 294 g/mol. The van der Waals surface area contributed by atoms with E-state index in [-0.39, 0.29) is 6.10 Å². The third-order valence-electron chi connectivity index (χ3n) is 4.18. The Kier molecular flexibility index (Phi) is 5.79. The Morgan fingerprint density at radius 1 is 1.20 bits per heavy atom. The second-order valence-corrected chi connectivity index (χ2v) is 7.12. The van der Waals surface area contributed by atoms with Crippen LogP contribution in [0.3, 0.4) is 0 Å². The number of hydrogen-bond donors (Lipinski definition) is 1. The lowest BCUT2D eigenvalue weighted by Gasteiger charge is -2.23. The molecule has 0 bridgehead atoms. The van der Waals surface area contributed by atoms with Gasteiger partial charge in [-0.3, -0.25) is 0 Å². The van der Waals surface area contributed by atoms with Gasteiger partial charge in [-0.25, -0.2) is 0 Å². The maximum absolute atomic E-state index is 10.5. The fourth-order valence-corrected chi connectivity index (χ4v) is 4.24. The van der Waals surface area contributed by atoms with Gasteiger partial charge in [-0.15, -0.1) is 0 Å². The second-order valence-electron chi connectivity index (χ2n) is 5.79. The van der Waals surface area contributed by atoms with Crippen molar-refractivity contribution < 1.29 is 9.84 Å². The van der Waals surface area contributed by atoms with E-state index in [1.807, 2.05) is 31.7 Å². The topological polar surface area (TPSA) is 29.5 Å². The van der Waals surface area contributed by atoms with Crippen LogP contribution >= 0.6 is 11.8 Å². The van der Waals surface area contributed by atoms with Gasteiger partial charge in [-0.1, -0.05) is 19.3 Å². The van der Waals surface area contributed by atoms with Crippen LogP contribution in [0, 0.1) is 13.8 Å². The van der Waals surface area contributed by atoms with E-state index in [0.717, 1.165) is 33.4 Å². The first-order chi connectivity index (χ1) is 9.61. The first-order valence-corrected chi connectivity index (χ1v) is 8.61. The highest BCUT2D eigenvalue weighted by Gasteiger charge is 2.18. The molecular formula is C17H26O2S. The van der Waals surface area contributed by atoms with Crippen molar-refractivity contribution in [2.45, 2.75) is 57.3 Å². The lowest BCUT2D eigenvalue weighted by atomic mass is 10.0. The zero-order valence-corrected chi connectivity index (χ0v) is 13.6. The minimum atomic E-state index is -0.369. The standard InChI is InChI=1S/C17H26O2S/c1-12-10-17(19-3)13(2)9-15(12)16(18)11-20-14-7-5-4-6-8-14/h9-10,14,16,18H,4-8,11H2,1-3H3. The number of aliphatic hydroxyl groups is 1.